The van der Waals surface area contributed by atoms with Gasteiger partial charge in [0, 0.05) is 39.9 Å². The van der Waals surface area contributed by atoms with Gasteiger partial charge in [-0.2, -0.15) is 0 Å². The van der Waals surface area contributed by atoms with Gasteiger partial charge in [-0.25, -0.2) is 14.2 Å². The number of benzene rings is 1. The number of unbranched alkanes of at least 4 members (excludes halogenated alkanes) is 1. The molecule has 2 amide bonds. The van der Waals surface area contributed by atoms with Gasteiger partial charge in [-0.15, -0.1) is 0 Å². The van der Waals surface area contributed by atoms with E-state index < -0.39 is 40.8 Å². The number of hydrogen-bond donors (Lipinski definition) is 1. The minimum Gasteiger partial charge on any atom is -0.481 e. The molecule has 10 nitrogen and oxygen atoms in total. The van der Waals surface area contributed by atoms with Gasteiger partial charge in [-0.1, -0.05) is 19.9 Å². The van der Waals surface area contributed by atoms with Crippen molar-refractivity contribution in [3.8, 4) is 0 Å². The molecule has 2 unspecified atom stereocenters. The second-order valence-corrected chi connectivity index (χ2v) is 12.3. The normalized spacial score (nSPS) is 19.7. The number of carbonyl (C=O) groups is 3. The van der Waals surface area contributed by atoms with Crippen LogP contribution in [0.25, 0.3) is 11.0 Å². The van der Waals surface area contributed by atoms with E-state index in [0.29, 0.717) is 31.6 Å². The highest BCUT2D eigenvalue weighted by atomic mass is 19.1. The third-order valence-electron chi connectivity index (χ3n) is 6.99. The number of aryl methyl sites for hydroxylation is 1. The molecule has 1 aromatic carbocycles. The van der Waals surface area contributed by atoms with E-state index in [1.165, 1.54) is 11.0 Å². The number of piperidine rings is 1. The summed E-state index contributed by atoms with van der Waals surface area (Å²) in [5.41, 5.74) is -1.45. The zero-order valence-corrected chi connectivity index (χ0v) is 24.7. The van der Waals surface area contributed by atoms with Gasteiger partial charge in [0.15, 0.2) is 11.6 Å². The number of amides is 2. The molecule has 0 aliphatic carbocycles. The van der Waals surface area contributed by atoms with Crippen molar-refractivity contribution in [2.24, 2.45) is 11.3 Å². The van der Waals surface area contributed by atoms with E-state index >= 15 is 0 Å². The topological polar surface area (TPSA) is 114 Å². The maximum Gasteiger partial charge on any atom is 0.410 e. The SMILES string of the molecule is COCCCCn1c(C(=O)N(CC(C)C)C2CN(C(=O)OC(C)(C)C)CC(C)(C(=O)O)C2)nc2c(F)cccc21. The molecule has 1 aliphatic rings. The molecule has 0 radical (unpaired) electrons. The van der Waals surface area contributed by atoms with Gasteiger partial charge < -0.3 is 28.9 Å². The van der Waals surface area contributed by atoms with E-state index in [4.69, 9.17) is 9.47 Å². The van der Waals surface area contributed by atoms with Crippen molar-refractivity contribution in [3.05, 3.63) is 29.8 Å². The minimum absolute atomic E-state index is 0.0354. The number of para-hydroxylation sites is 1. The van der Waals surface area contributed by atoms with Crippen LogP contribution in [-0.4, -0.2) is 87.4 Å². The number of aromatic nitrogens is 2. The number of fused-ring (bicyclic) bond motifs is 1. The number of carboxylic acid groups (broad SMARTS) is 1. The maximum atomic E-state index is 14.8. The standard InChI is InChI=1S/C29H43FN4O6/c1-19(2)16-34(20-15-29(6,26(36)37)18-32(17-20)27(38)40-28(3,4)5)25(35)24-31-23-21(30)11-10-12-22(23)33(24)13-8-9-14-39-7/h10-12,19-20H,8-9,13-18H2,1-7H3,(H,36,37). The van der Waals surface area contributed by atoms with E-state index in [9.17, 15) is 23.9 Å². The van der Waals surface area contributed by atoms with Crippen molar-refractivity contribution in [1.82, 2.24) is 19.4 Å². The van der Waals surface area contributed by atoms with E-state index in [2.05, 4.69) is 4.98 Å². The predicted molar refractivity (Wildman–Crippen MR) is 149 cm³/mol. The van der Waals surface area contributed by atoms with Crippen molar-refractivity contribution in [2.45, 2.75) is 79.0 Å². The molecule has 1 aliphatic heterocycles. The number of hydrogen-bond acceptors (Lipinski definition) is 6. The van der Waals surface area contributed by atoms with Crippen molar-refractivity contribution in [2.75, 3.05) is 33.4 Å². The first-order valence-corrected chi connectivity index (χ1v) is 13.8. The zero-order chi connectivity index (χ0) is 29.8. The summed E-state index contributed by atoms with van der Waals surface area (Å²) in [5, 5.41) is 10.1. The summed E-state index contributed by atoms with van der Waals surface area (Å²) < 4.78 is 27.2. The third kappa shape index (κ3) is 7.30. The number of carboxylic acids is 1. The number of halogens is 1. The first kappa shape index (κ1) is 31.3. The number of ether oxygens (including phenoxy) is 2. The van der Waals surface area contributed by atoms with Crippen LogP contribution in [0.3, 0.4) is 0 Å². The summed E-state index contributed by atoms with van der Waals surface area (Å²) >= 11 is 0. The summed E-state index contributed by atoms with van der Waals surface area (Å²) in [4.78, 5) is 47.2. The fourth-order valence-corrected chi connectivity index (χ4v) is 5.16. The molecular weight excluding hydrogens is 519 g/mol. The number of nitrogens with zero attached hydrogens (tertiary/aromatic N) is 4. The third-order valence-corrected chi connectivity index (χ3v) is 6.99. The lowest BCUT2D eigenvalue weighted by Gasteiger charge is -2.46. The first-order chi connectivity index (χ1) is 18.7. The number of carbonyl (C=O) groups excluding carboxylic acids is 2. The lowest BCUT2D eigenvalue weighted by atomic mass is 9.79. The Bertz CT molecular complexity index is 1220. The van der Waals surface area contributed by atoms with Gasteiger partial charge in [0.1, 0.15) is 11.1 Å². The molecule has 1 N–H and O–H groups in total. The Morgan fingerprint density at radius 1 is 1.25 bits per heavy atom. The van der Waals surface area contributed by atoms with Gasteiger partial charge in [0.05, 0.1) is 17.0 Å². The fourth-order valence-electron chi connectivity index (χ4n) is 5.16. The monoisotopic (exact) mass is 562 g/mol. The predicted octanol–water partition coefficient (Wildman–Crippen LogP) is 4.80. The average Bonchev–Trinajstić information content (AvgIpc) is 3.23. The Balaban J connectivity index is 2.05. The lowest BCUT2D eigenvalue weighted by Crippen LogP contribution is -2.60. The minimum atomic E-state index is -1.30. The summed E-state index contributed by atoms with van der Waals surface area (Å²) in [7, 11) is 1.62. The average molecular weight is 563 g/mol. The van der Waals surface area contributed by atoms with Crippen molar-refractivity contribution < 1.29 is 33.4 Å². The fraction of sp³-hybridized carbons (Fsp3) is 0.655. The van der Waals surface area contributed by atoms with Crippen LogP contribution in [0.1, 0.15) is 71.4 Å². The van der Waals surface area contributed by atoms with Crippen LogP contribution < -0.4 is 0 Å². The van der Waals surface area contributed by atoms with Crippen LogP contribution in [0.2, 0.25) is 0 Å². The number of likely N-dealkylation sites (tertiary alicyclic amines) is 1. The first-order valence-electron chi connectivity index (χ1n) is 13.8. The molecule has 1 fully saturated rings. The summed E-state index contributed by atoms with van der Waals surface area (Å²) in [6.45, 7) is 12.1. The van der Waals surface area contributed by atoms with Gasteiger partial charge in [0.25, 0.3) is 5.91 Å². The van der Waals surface area contributed by atoms with Crippen LogP contribution in [0, 0.1) is 17.2 Å². The molecule has 222 valence electrons. The molecule has 3 rings (SSSR count). The molecule has 1 aromatic heterocycles. The van der Waals surface area contributed by atoms with E-state index in [1.807, 2.05) is 13.8 Å². The van der Waals surface area contributed by atoms with Crippen LogP contribution in [-0.2, 0) is 20.8 Å². The van der Waals surface area contributed by atoms with E-state index in [1.54, 1.807) is 56.4 Å². The molecule has 40 heavy (non-hydrogen) atoms. The van der Waals surface area contributed by atoms with E-state index in [0.717, 1.165) is 6.42 Å². The quantitative estimate of drug-likeness (QED) is 0.414. The summed E-state index contributed by atoms with van der Waals surface area (Å²) in [6.07, 6.45) is 0.948. The molecule has 2 heterocycles. The summed E-state index contributed by atoms with van der Waals surface area (Å²) in [5.74, 6) is -1.89. The highest BCUT2D eigenvalue weighted by molar-refractivity contribution is 5.95. The molecular formula is C29H43FN4O6. The zero-order valence-electron chi connectivity index (χ0n) is 24.7. The van der Waals surface area contributed by atoms with Gasteiger partial charge in [-0.3, -0.25) is 9.59 Å². The van der Waals surface area contributed by atoms with Crippen LogP contribution in [0.15, 0.2) is 18.2 Å². The van der Waals surface area contributed by atoms with Crippen LogP contribution in [0.4, 0.5) is 9.18 Å². The van der Waals surface area contributed by atoms with E-state index in [-0.39, 0.29) is 36.8 Å². The summed E-state index contributed by atoms with van der Waals surface area (Å²) in [6, 6.07) is 4.01. The second-order valence-electron chi connectivity index (χ2n) is 12.3. The molecule has 2 aromatic rings. The molecule has 2 atom stereocenters. The Labute approximate surface area is 235 Å². The Hall–Kier alpha value is -3.21. The Kier molecular flexibility index (Phi) is 9.81. The smallest absolute Gasteiger partial charge is 0.410 e. The largest absolute Gasteiger partial charge is 0.481 e. The maximum absolute atomic E-state index is 14.8. The van der Waals surface area contributed by atoms with Crippen LogP contribution in [0.5, 0.6) is 0 Å². The molecule has 1 saturated heterocycles. The highest BCUT2D eigenvalue weighted by Crippen LogP contribution is 2.34. The van der Waals surface area contributed by atoms with Crippen molar-refractivity contribution in [1.29, 1.82) is 0 Å². The molecule has 11 heteroatoms. The number of imidazole rings is 1. The number of methoxy groups -OCH3 is 1. The second kappa shape index (κ2) is 12.5. The number of rotatable bonds is 10. The molecule has 0 spiro atoms. The molecule has 0 saturated carbocycles. The Morgan fingerprint density at radius 2 is 1.95 bits per heavy atom. The van der Waals surface area contributed by atoms with Crippen LogP contribution >= 0.6 is 0 Å². The molecule has 0 bridgehead atoms. The highest BCUT2D eigenvalue weighted by Gasteiger charge is 2.47. The Morgan fingerprint density at radius 3 is 2.55 bits per heavy atom. The van der Waals surface area contributed by atoms with Crippen molar-refractivity contribution in [3.63, 3.8) is 0 Å². The lowest BCUT2D eigenvalue weighted by molar-refractivity contribution is -0.152. The number of aliphatic carboxylic acids is 1. The van der Waals surface area contributed by atoms with Gasteiger partial charge in [0.2, 0.25) is 0 Å². The van der Waals surface area contributed by atoms with Crippen molar-refractivity contribution >= 4 is 29.0 Å². The van der Waals surface area contributed by atoms with Gasteiger partial charge >= 0.3 is 12.1 Å². The van der Waals surface area contributed by atoms with Gasteiger partial charge in [-0.05, 0) is 65.0 Å².